The minimum atomic E-state index is -2.06. The molecule has 1 atom stereocenters. The molecule has 39 heavy (non-hydrogen) atoms. The highest BCUT2D eigenvalue weighted by Crippen LogP contribution is 2.41. The van der Waals surface area contributed by atoms with Crippen molar-refractivity contribution < 1.29 is 23.2 Å². The van der Waals surface area contributed by atoms with Gasteiger partial charge in [-0.3, -0.25) is 9.59 Å². The van der Waals surface area contributed by atoms with Crippen LogP contribution in [0.2, 0.25) is 18.1 Å². The van der Waals surface area contributed by atoms with Crippen molar-refractivity contribution in [2.24, 2.45) is 0 Å². The molecule has 0 radical (unpaired) electrons. The summed E-state index contributed by atoms with van der Waals surface area (Å²) in [6.07, 6.45) is 2.69. The predicted molar refractivity (Wildman–Crippen MR) is 160 cm³/mol. The number of hydrogen-bond donors (Lipinski definition) is 0. The number of rotatable bonds is 11. The maximum absolute atomic E-state index is 12.9. The monoisotopic (exact) mass is 544 g/mol. The summed E-state index contributed by atoms with van der Waals surface area (Å²) in [5.74, 6) is -0.178. The Kier molecular flexibility index (Phi) is 8.77. The van der Waals surface area contributed by atoms with Gasteiger partial charge in [-0.2, -0.15) is 0 Å². The molecule has 0 spiro atoms. The fourth-order valence-electron chi connectivity index (χ4n) is 4.56. The number of carbonyl (C=O) groups excluding carboxylic acids is 2. The number of hydrogen-bond acceptors (Lipinski definition) is 5. The van der Waals surface area contributed by atoms with Crippen molar-refractivity contribution in [3.05, 3.63) is 83.4 Å². The van der Waals surface area contributed by atoms with Crippen LogP contribution < -0.4 is 0 Å². The number of unbranched alkanes of at least 4 members (excludes halogenated alkanes) is 1. The standard InChI is InChI=1S/C33H40O5Si/c1-33(2,3)39(5,6)38-31(20-23-12-8-7-9-13-23)25-17-19-30-27(22-25)26-21-24(16-18-29(26)37-30)28(34)14-10-11-15-32(35)36-4/h7-9,12-13,16-19,21-22,31H,10-11,14-15,20H2,1-6H3. The average Bonchev–Trinajstić information content (AvgIpc) is 3.27. The van der Waals surface area contributed by atoms with Gasteiger partial charge in [-0.25, -0.2) is 0 Å². The molecule has 1 aromatic heterocycles. The van der Waals surface area contributed by atoms with Gasteiger partial charge in [-0.1, -0.05) is 57.2 Å². The minimum Gasteiger partial charge on any atom is -0.469 e. The Balaban J connectivity index is 1.65. The number of benzene rings is 3. The lowest BCUT2D eigenvalue weighted by molar-refractivity contribution is -0.140. The summed E-state index contributed by atoms with van der Waals surface area (Å²) in [4.78, 5) is 24.3. The quantitative estimate of drug-likeness (QED) is 0.0817. The summed E-state index contributed by atoms with van der Waals surface area (Å²) in [6.45, 7) is 11.4. The third-order valence-electron chi connectivity index (χ3n) is 7.96. The topological polar surface area (TPSA) is 65.7 Å². The lowest BCUT2D eigenvalue weighted by Gasteiger charge is -2.39. The molecule has 5 nitrogen and oxygen atoms in total. The Labute approximate surface area is 232 Å². The van der Waals surface area contributed by atoms with Crippen LogP contribution in [0.4, 0.5) is 0 Å². The van der Waals surface area contributed by atoms with Crippen LogP contribution in [0.3, 0.4) is 0 Å². The summed E-state index contributed by atoms with van der Waals surface area (Å²) < 4.78 is 17.8. The van der Waals surface area contributed by atoms with Crippen molar-refractivity contribution in [1.82, 2.24) is 0 Å². The second kappa shape index (κ2) is 11.9. The van der Waals surface area contributed by atoms with Crippen LogP contribution in [0.5, 0.6) is 0 Å². The largest absolute Gasteiger partial charge is 0.469 e. The van der Waals surface area contributed by atoms with Gasteiger partial charge in [0.1, 0.15) is 11.2 Å². The summed E-state index contributed by atoms with van der Waals surface area (Å²) in [5.41, 5.74) is 4.56. The van der Waals surface area contributed by atoms with Crippen molar-refractivity contribution in [3.63, 3.8) is 0 Å². The number of carbonyl (C=O) groups is 2. The average molecular weight is 545 g/mol. The number of methoxy groups -OCH3 is 1. The summed E-state index contributed by atoms with van der Waals surface area (Å²) in [7, 11) is -0.675. The van der Waals surface area contributed by atoms with Gasteiger partial charge in [-0.05, 0) is 72.4 Å². The van der Waals surface area contributed by atoms with Gasteiger partial charge in [0.2, 0.25) is 0 Å². The Morgan fingerprint density at radius 1 is 0.872 bits per heavy atom. The van der Waals surface area contributed by atoms with E-state index in [1.54, 1.807) is 0 Å². The molecule has 4 rings (SSSR count). The number of ether oxygens (including phenoxy) is 1. The second-order valence-corrected chi connectivity index (χ2v) is 16.6. The van der Waals surface area contributed by atoms with Crippen LogP contribution in [-0.2, 0) is 20.4 Å². The van der Waals surface area contributed by atoms with Gasteiger partial charge < -0.3 is 13.6 Å². The molecule has 0 aliphatic carbocycles. The van der Waals surface area contributed by atoms with Crippen LogP contribution in [0.25, 0.3) is 21.9 Å². The van der Waals surface area contributed by atoms with E-state index in [0.29, 0.717) is 31.2 Å². The van der Waals surface area contributed by atoms with E-state index in [1.807, 2.05) is 30.3 Å². The number of furan rings is 1. The van der Waals surface area contributed by atoms with Crippen LogP contribution in [0.15, 0.2) is 71.1 Å². The summed E-state index contributed by atoms with van der Waals surface area (Å²) >= 11 is 0. The van der Waals surface area contributed by atoms with Crippen LogP contribution in [-0.4, -0.2) is 27.2 Å². The maximum Gasteiger partial charge on any atom is 0.305 e. The molecule has 0 aliphatic rings. The van der Waals surface area contributed by atoms with Gasteiger partial charge >= 0.3 is 5.97 Å². The highest BCUT2D eigenvalue weighted by Gasteiger charge is 2.39. The molecule has 1 unspecified atom stereocenters. The van der Waals surface area contributed by atoms with Gasteiger partial charge in [0.15, 0.2) is 14.1 Å². The molecule has 0 saturated carbocycles. The highest BCUT2D eigenvalue weighted by atomic mass is 28.4. The number of esters is 1. The Hall–Kier alpha value is -3.22. The smallest absolute Gasteiger partial charge is 0.305 e. The molecule has 206 valence electrons. The Bertz CT molecular complexity index is 1450. The molecule has 0 N–H and O–H groups in total. The van der Waals surface area contributed by atoms with Crippen LogP contribution in [0.1, 0.15) is 74.0 Å². The van der Waals surface area contributed by atoms with E-state index >= 15 is 0 Å². The van der Waals surface area contributed by atoms with Gasteiger partial charge in [0.05, 0.1) is 13.2 Å². The first kappa shape index (κ1) is 28.8. The second-order valence-electron chi connectivity index (χ2n) is 11.8. The van der Waals surface area contributed by atoms with Crippen molar-refractivity contribution in [2.75, 3.05) is 7.11 Å². The van der Waals surface area contributed by atoms with E-state index in [9.17, 15) is 9.59 Å². The summed E-state index contributed by atoms with van der Waals surface area (Å²) in [6, 6.07) is 22.4. The maximum atomic E-state index is 12.9. The number of fused-ring (bicyclic) bond motifs is 3. The van der Waals surface area contributed by atoms with E-state index in [-0.39, 0.29) is 22.9 Å². The van der Waals surface area contributed by atoms with Crippen LogP contribution >= 0.6 is 0 Å². The van der Waals surface area contributed by atoms with Gasteiger partial charge in [-0.15, -0.1) is 0 Å². The van der Waals surface area contributed by atoms with Crippen LogP contribution in [0, 0.1) is 0 Å². The third-order valence-corrected chi connectivity index (χ3v) is 12.4. The first-order chi connectivity index (χ1) is 18.5. The van der Waals surface area contributed by atoms with Gasteiger partial charge in [0.25, 0.3) is 0 Å². The zero-order valence-corrected chi connectivity index (χ0v) is 25.0. The lowest BCUT2D eigenvalue weighted by atomic mass is 9.98. The predicted octanol–water partition coefficient (Wildman–Crippen LogP) is 8.81. The zero-order valence-electron chi connectivity index (χ0n) is 24.0. The van der Waals surface area contributed by atoms with Crippen molar-refractivity contribution in [2.45, 2.75) is 77.1 Å². The molecule has 0 saturated heterocycles. The Morgan fingerprint density at radius 2 is 1.51 bits per heavy atom. The molecule has 3 aromatic carbocycles. The Morgan fingerprint density at radius 3 is 2.18 bits per heavy atom. The fourth-order valence-corrected chi connectivity index (χ4v) is 5.84. The van der Waals surface area contributed by atoms with E-state index < -0.39 is 8.32 Å². The SMILES string of the molecule is COC(=O)CCCCC(=O)c1ccc2oc3ccc(C(Cc4ccccc4)O[Si](C)(C)C(C)(C)C)cc3c2c1. The van der Waals surface area contributed by atoms with E-state index in [4.69, 9.17) is 8.84 Å². The molecule has 1 heterocycles. The van der Waals surface area contributed by atoms with Crippen molar-refractivity contribution >= 4 is 42.0 Å². The molecule has 6 heteroatoms. The normalized spacial score (nSPS) is 13.1. The molecular weight excluding hydrogens is 504 g/mol. The van der Waals surface area contributed by atoms with Gasteiger partial charge in [0, 0.05) is 35.6 Å². The fraction of sp³-hybridized carbons (Fsp3) is 0.394. The first-order valence-electron chi connectivity index (χ1n) is 13.8. The van der Waals surface area contributed by atoms with Crippen molar-refractivity contribution in [1.29, 1.82) is 0 Å². The zero-order chi connectivity index (χ0) is 28.2. The number of ketones is 1. The van der Waals surface area contributed by atoms with E-state index in [2.05, 4.69) is 75.0 Å². The molecule has 0 amide bonds. The van der Waals surface area contributed by atoms with Crippen molar-refractivity contribution in [3.8, 4) is 0 Å². The van der Waals surface area contributed by atoms with E-state index in [1.165, 1.54) is 12.7 Å². The molecule has 4 aromatic rings. The van der Waals surface area contributed by atoms with E-state index in [0.717, 1.165) is 33.9 Å². The highest BCUT2D eigenvalue weighted by molar-refractivity contribution is 6.74. The minimum absolute atomic E-state index is 0.0653. The molecule has 0 fully saturated rings. The molecular formula is C33H40O5Si. The molecule has 0 aliphatic heterocycles. The molecule has 0 bridgehead atoms. The third kappa shape index (κ3) is 6.86. The number of Topliss-reactive ketones (excluding diaryl/α,β-unsaturated/α-hetero) is 1. The first-order valence-corrected chi connectivity index (χ1v) is 16.7. The lowest BCUT2D eigenvalue weighted by Crippen LogP contribution is -2.42. The summed E-state index contributed by atoms with van der Waals surface area (Å²) in [5, 5.41) is 2.00.